The second-order valence-electron chi connectivity index (χ2n) is 5.57. The number of amides is 1. The van der Waals surface area contributed by atoms with Gasteiger partial charge in [-0.2, -0.15) is 0 Å². The molecule has 1 aliphatic heterocycles. The highest BCUT2D eigenvalue weighted by atomic mass is 16.2. The Kier molecular flexibility index (Phi) is 4.59. The third-order valence-electron chi connectivity index (χ3n) is 4.10. The molecular weight excluding hydrogens is 236 g/mol. The molecule has 1 amide bonds. The molecule has 3 heteroatoms. The van der Waals surface area contributed by atoms with E-state index in [1.54, 1.807) is 0 Å². The Morgan fingerprint density at radius 3 is 2.58 bits per heavy atom. The summed E-state index contributed by atoms with van der Waals surface area (Å²) in [5, 5.41) is 6.40. The van der Waals surface area contributed by atoms with E-state index in [1.807, 2.05) is 6.92 Å². The van der Waals surface area contributed by atoms with E-state index in [0.717, 1.165) is 19.5 Å². The van der Waals surface area contributed by atoms with Crippen LogP contribution in [0, 0.1) is 11.8 Å². The summed E-state index contributed by atoms with van der Waals surface area (Å²) in [6.45, 7) is 8.07. The van der Waals surface area contributed by atoms with Crippen LogP contribution in [0.25, 0.3) is 0 Å². The first kappa shape index (κ1) is 14.1. The molecule has 0 aliphatic carbocycles. The molecule has 1 saturated heterocycles. The van der Waals surface area contributed by atoms with Crippen molar-refractivity contribution in [2.24, 2.45) is 11.8 Å². The summed E-state index contributed by atoms with van der Waals surface area (Å²) in [5.41, 5.74) is 2.50. The summed E-state index contributed by atoms with van der Waals surface area (Å²) in [5.74, 6) is 0.705. The minimum Gasteiger partial charge on any atom is -0.349 e. The van der Waals surface area contributed by atoms with Crippen LogP contribution in [-0.4, -0.2) is 19.0 Å². The zero-order valence-corrected chi connectivity index (χ0v) is 12.1. The van der Waals surface area contributed by atoms with Crippen molar-refractivity contribution in [2.45, 2.75) is 33.2 Å². The first-order valence-corrected chi connectivity index (χ1v) is 7.21. The van der Waals surface area contributed by atoms with Gasteiger partial charge in [0.2, 0.25) is 5.91 Å². The minimum atomic E-state index is 0.0752. The molecule has 0 bridgehead atoms. The SMILES string of the molecule is CCc1ccc(C(C)NC(=O)C2CNCC2C)cc1. The smallest absolute Gasteiger partial charge is 0.225 e. The molecule has 1 fully saturated rings. The van der Waals surface area contributed by atoms with Crippen LogP contribution in [0.2, 0.25) is 0 Å². The zero-order chi connectivity index (χ0) is 13.8. The number of aryl methyl sites for hydroxylation is 1. The number of benzene rings is 1. The summed E-state index contributed by atoms with van der Waals surface area (Å²) in [4.78, 5) is 12.2. The fraction of sp³-hybridized carbons (Fsp3) is 0.562. The lowest BCUT2D eigenvalue weighted by molar-refractivity contribution is -0.126. The Morgan fingerprint density at radius 2 is 2.05 bits per heavy atom. The van der Waals surface area contributed by atoms with E-state index in [4.69, 9.17) is 0 Å². The largest absolute Gasteiger partial charge is 0.349 e. The van der Waals surface area contributed by atoms with Crippen molar-refractivity contribution in [3.05, 3.63) is 35.4 Å². The first-order valence-electron chi connectivity index (χ1n) is 7.21. The lowest BCUT2D eigenvalue weighted by atomic mass is 9.96. The van der Waals surface area contributed by atoms with Gasteiger partial charge in [0, 0.05) is 6.54 Å². The van der Waals surface area contributed by atoms with Crippen LogP contribution in [0.1, 0.15) is 37.9 Å². The van der Waals surface area contributed by atoms with Gasteiger partial charge in [-0.05, 0) is 36.9 Å². The molecule has 2 rings (SSSR count). The zero-order valence-electron chi connectivity index (χ0n) is 12.1. The predicted octanol–water partition coefficient (Wildman–Crippen LogP) is 2.28. The molecule has 3 nitrogen and oxygen atoms in total. The highest BCUT2D eigenvalue weighted by Gasteiger charge is 2.30. The summed E-state index contributed by atoms with van der Waals surface area (Å²) in [7, 11) is 0. The standard InChI is InChI=1S/C16H24N2O/c1-4-13-5-7-14(8-6-13)12(3)18-16(19)15-10-17-9-11(15)2/h5-8,11-12,15,17H,4,9-10H2,1-3H3,(H,18,19). The molecule has 1 aromatic carbocycles. The average molecular weight is 260 g/mol. The molecule has 1 aliphatic rings. The Balaban J connectivity index is 1.95. The molecule has 3 unspecified atom stereocenters. The van der Waals surface area contributed by atoms with E-state index in [1.165, 1.54) is 11.1 Å². The number of hydrogen-bond acceptors (Lipinski definition) is 2. The molecule has 0 saturated carbocycles. The van der Waals surface area contributed by atoms with Gasteiger partial charge in [-0.3, -0.25) is 4.79 Å². The van der Waals surface area contributed by atoms with Gasteiger partial charge in [-0.1, -0.05) is 38.1 Å². The van der Waals surface area contributed by atoms with Crippen molar-refractivity contribution in [3.8, 4) is 0 Å². The van der Waals surface area contributed by atoms with Crippen molar-refractivity contribution in [1.82, 2.24) is 10.6 Å². The monoisotopic (exact) mass is 260 g/mol. The van der Waals surface area contributed by atoms with Gasteiger partial charge in [-0.15, -0.1) is 0 Å². The molecule has 104 valence electrons. The third-order valence-corrected chi connectivity index (χ3v) is 4.10. The molecule has 0 aromatic heterocycles. The van der Waals surface area contributed by atoms with Crippen LogP contribution in [-0.2, 0) is 11.2 Å². The predicted molar refractivity (Wildman–Crippen MR) is 77.9 cm³/mol. The van der Waals surface area contributed by atoms with Gasteiger partial charge in [0.1, 0.15) is 0 Å². The molecule has 2 N–H and O–H groups in total. The summed E-state index contributed by atoms with van der Waals surface area (Å²) in [6.07, 6.45) is 1.05. The van der Waals surface area contributed by atoms with Crippen molar-refractivity contribution < 1.29 is 4.79 Å². The van der Waals surface area contributed by atoms with Gasteiger partial charge in [0.05, 0.1) is 12.0 Å². The van der Waals surface area contributed by atoms with Crippen molar-refractivity contribution in [2.75, 3.05) is 13.1 Å². The summed E-state index contributed by atoms with van der Waals surface area (Å²) < 4.78 is 0. The van der Waals surface area contributed by atoms with Gasteiger partial charge >= 0.3 is 0 Å². The normalized spacial score (nSPS) is 24.2. The van der Waals surface area contributed by atoms with Gasteiger partial charge in [-0.25, -0.2) is 0 Å². The molecule has 19 heavy (non-hydrogen) atoms. The lowest BCUT2D eigenvalue weighted by Crippen LogP contribution is -2.35. The van der Waals surface area contributed by atoms with Gasteiger partial charge in [0.15, 0.2) is 0 Å². The minimum absolute atomic E-state index is 0.0752. The number of rotatable bonds is 4. The second kappa shape index (κ2) is 6.20. The molecule has 1 aromatic rings. The maximum absolute atomic E-state index is 12.2. The molecule has 3 atom stereocenters. The van der Waals surface area contributed by atoms with Crippen LogP contribution in [0.5, 0.6) is 0 Å². The molecule has 1 heterocycles. The average Bonchev–Trinajstić information content (AvgIpc) is 2.85. The summed E-state index contributed by atoms with van der Waals surface area (Å²) >= 11 is 0. The van der Waals surface area contributed by atoms with E-state index in [2.05, 4.69) is 48.7 Å². The van der Waals surface area contributed by atoms with Crippen LogP contribution in [0.3, 0.4) is 0 Å². The lowest BCUT2D eigenvalue weighted by Gasteiger charge is -2.19. The van der Waals surface area contributed by atoms with Crippen LogP contribution >= 0.6 is 0 Å². The van der Waals surface area contributed by atoms with E-state index >= 15 is 0 Å². The Bertz CT molecular complexity index is 427. The maximum Gasteiger partial charge on any atom is 0.225 e. The number of carbonyl (C=O) groups excluding carboxylic acids is 1. The van der Waals surface area contributed by atoms with Crippen LogP contribution < -0.4 is 10.6 Å². The number of nitrogens with one attached hydrogen (secondary N) is 2. The van der Waals surface area contributed by atoms with Crippen molar-refractivity contribution in [3.63, 3.8) is 0 Å². The van der Waals surface area contributed by atoms with Crippen LogP contribution in [0.15, 0.2) is 24.3 Å². The van der Waals surface area contributed by atoms with E-state index in [-0.39, 0.29) is 17.9 Å². The van der Waals surface area contributed by atoms with Crippen molar-refractivity contribution >= 4 is 5.91 Å². The number of hydrogen-bond donors (Lipinski definition) is 2. The van der Waals surface area contributed by atoms with Gasteiger partial charge in [0.25, 0.3) is 0 Å². The third kappa shape index (κ3) is 3.35. The van der Waals surface area contributed by atoms with E-state index in [9.17, 15) is 4.79 Å². The molecule has 0 spiro atoms. The quantitative estimate of drug-likeness (QED) is 0.872. The summed E-state index contributed by atoms with van der Waals surface area (Å²) in [6, 6.07) is 8.57. The molecular formula is C16H24N2O. The Labute approximate surface area is 115 Å². The number of carbonyl (C=O) groups is 1. The van der Waals surface area contributed by atoms with E-state index in [0.29, 0.717) is 5.92 Å². The fourth-order valence-electron chi connectivity index (χ4n) is 2.61. The Hall–Kier alpha value is -1.35. The fourth-order valence-corrected chi connectivity index (χ4v) is 2.61. The van der Waals surface area contributed by atoms with Crippen LogP contribution in [0.4, 0.5) is 0 Å². The topological polar surface area (TPSA) is 41.1 Å². The second-order valence-corrected chi connectivity index (χ2v) is 5.57. The van der Waals surface area contributed by atoms with E-state index < -0.39 is 0 Å². The highest BCUT2D eigenvalue weighted by molar-refractivity contribution is 5.80. The highest BCUT2D eigenvalue weighted by Crippen LogP contribution is 2.19. The molecule has 0 radical (unpaired) electrons. The van der Waals surface area contributed by atoms with Gasteiger partial charge < -0.3 is 10.6 Å². The Morgan fingerprint density at radius 1 is 1.37 bits per heavy atom. The first-order chi connectivity index (χ1) is 9.11. The maximum atomic E-state index is 12.2. The van der Waals surface area contributed by atoms with Crippen molar-refractivity contribution in [1.29, 1.82) is 0 Å².